The van der Waals surface area contributed by atoms with Crippen molar-refractivity contribution in [3.8, 4) is 11.6 Å². The number of aromatic nitrogens is 2. The molecule has 2 rings (SSSR count). The Morgan fingerprint density at radius 3 is 2.61 bits per heavy atom. The molecule has 124 valence electrons. The van der Waals surface area contributed by atoms with Crippen LogP contribution in [0.2, 0.25) is 0 Å². The van der Waals surface area contributed by atoms with Gasteiger partial charge in [0.25, 0.3) is 5.56 Å². The first-order valence-corrected chi connectivity index (χ1v) is 8.88. The van der Waals surface area contributed by atoms with Crippen LogP contribution in [-0.4, -0.2) is 34.9 Å². The van der Waals surface area contributed by atoms with Gasteiger partial charge in [-0.1, -0.05) is 30.0 Å². The highest BCUT2D eigenvalue weighted by atomic mass is 32.2. The van der Waals surface area contributed by atoms with Crippen LogP contribution in [-0.2, 0) is 0 Å². The molecule has 0 radical (unpaired) electrons. The number of nitrogens with one attached hydrogen (secondary N) is 1. The van der Waals surface area contributed by atoms with E-state index in [4.69, 9.17) is 0 Å². The van der Waals surface area contributed by atoms with Gasteiger partial charge in [0.1, 0.15) is 0 Å². The van der Waals surface area contributed by atoms with Gasteiger partial charge in [0.15, 0.2) is 5.16 Å². The molecular weight excluding hydrogens is 310 g/mol. The summed E-state index contributed by atoms with van der Waals surface area (Å²) in [6.07, 6.45) is 0. The van der Waals surface area contributed by atoms with E-state index in [1.165, 1.54) is 16.7 Å². The van der Waals surface area contributed by atoms with Gasteiger partial charge in [-0.25, -0.2) is 4.98 Å². The number of quaternary nitrogens is 1. The highest BCUT2D eigenvalue weighted by Crippen LogP contribution is 2.20. The van der Waals surface area contributed by atoms with Gasteiger partial charge in [0.05, 0.1) is 31.1 Å². The first-order chi connectivity index (χ1) is 11.1. The van der Waals surface area contributed by atoms with E-state index >= 15 is 0 Å². The molecule has 0 saturated carbocycles. The van der Waals surface area contributed by atoms with Gasteiger partial charge in [-0.2, -0.15) is 0 Å². The second-order valence-corrected chi connectivity index (χ2v) is 6.45. The van der Waals surface area contributed by atoms with Crippen molar-refractivity contribution in [3.63, 3.8) is 0 Å². The van der Waals surface area contributed by atoms with Gasteiger partial charge in [-0.3, -0.25) is 9.36 Å². The van der Waals surface area contributed by atoms with Gasteiger partial charge >= 0.3 is 0 Å². The summed E-state index contributed by atoms with van der Waals surface area (Å²) >= 11 is 1.47. The first-order valence-electron chi connectivity index (χ1n) is 7.90. The quantitative estimate of drug-likeness (QED) is 0.596. The number of aryl methyl sites for hydroxylation is 1. The summed E-state index contributed by atoms with van der Waals surface area (Å²) in [6.45, 7) is 9.37. The van der Waals surface area contributed by atoms with Crippen LogP contribution in [0.25, 0.3) is 5.69 Å². The zero-order valence-corrected chi connectivity index (χ0v) is 14.7. The molecule has 5 nitrogen and oxygen atoms in total. The number of hydrogen-bond acceptors (Lipinski definition) is 4. The highest BCUT2D eigenvalue weighted by Gasteiger charge is 2.12. The van der Waals surface area contributed by atoms with Crippen LogP contribution >= 0.6 is 11.8 Å². The van der Waals surface area contributed by atoms with Crippen LogP contribution in [0.15, 0.2) is 40.3 Å². The Bertz CT molecular complexity index is 711. The predicted molar refractivity (Wildman–Crippen MR) is 91.7 cm³/mol. The lowest BCUT2D eigenvalue weighted by atomic mass is 10.2. The number of thioether (sulfide) groups is 1. The lowest BCUT2D eigenvalue weighted by Gasteiger charge is -2.18. The predicted octanol–water partition coefficient (Wildman–Crippen LogP) is 0.631. The van der Waals surface area contributed by atoms with Crippen molar-refractivity contribution >= 4 is 11.8 Å². The minimum Gasteiger partial charge on any atom is -0.858 e. The van der Waals surface area contributed by atoms with Gasteiger partial charge < -0.3 is 10.0 Å². The second-order valence-electron chi connectivity index (χ2n) is 5.39. The number of benzene rings is 1. The second kappa shape index (κ2) is 8.17. The molecule has 1 N–H and O–H groups in total. The number of nitrogens with zero attached hydrogens (tertiary/aromatic N) is 2. The van der Waals surface area contributed by atoms with E-state index in [0.717, 1.165) is 42.7 Å². The lowest BCUT2D eigenvalue weighted by molar-refractivity contribution is -0.893. The Morgan fingerprint density at radius 1 is 1.26 bits per heavy atom. The molecule has 0 spiro atoms. The molecule has 0 unspecified atom stereocenters. The van der Waals surface area contributed by atoms with Gasteiger partial charge in [0, 0.05) is 6.07 Å². The zero-order valence-electron chi connectivity index (χ0n) is 13.8. The summed E-state index contributed by atoms with van der Waals surface area (Å²) in [5.41, 5.74) is 1.44. The number of hydrogen-bond donors (Lipinski definition) is 1. The molecule has 0 aliphatic rings. The van der Waals surface area contributed by atoms with E-state index in [0.29, 0.717) is 5.16 Å². The van der Waals surface area contributed by atoms with Crippen molar-refractivity contribution < 1.29 is 10.0 Å². The van der Waals surface area contributed by atoms with Gasteiger partial charge in [0.2, 0.25) is 0 Å². The van der Waals surface area contributed by atoms with Crippen LogP contribution in [0.3, 0.4) is 0 Å². The zero-order chi connectivity index (χ0) is 16.8. The van der Waals surface area contributed by atoms with E-state index in [2.05, 4.69) is 18.8 Å². The lowest BCUT2D eigenvalue weighted by Crippen LogP contribution is -3.11. The van der Waals surface area contributed by atoms with Crippen molar-refractivity contribution in [1.29, 1.82) is 0 Å². The third-order valence-electron chi connectivity index (χ3n) is 3.91. The Morgan fingerprint density at radius 2 is 1.96 bits per heavy atom. The fourth-order valence-electron chi connectivity index (χ4n) is 2.46. The Hall–Kier alpha value is -1.79. The molecule has 0 fully saturated rings. The minimum absolute atomic E-state index is 0.322. The molecular formula is C17H23N3O2S. The molecule has 0 bridgehead atoms. The number of para-hydroxylation sites is 1. The summed E-state index contributed by atoms with van der Waals surface area (Å²) in [5, 5.41) is 12.1. The van der Waals surface area contributed by atoms with E-state index in [9.17, 15) is 9.90 Å². The molecule has 0 aliphatic carbocycles. The first kappa shape index (κ1) is 17.6. The molecule has 6 heteroatoms. The summed E-state index contributed by atoms with van der Waals surface area (Å²) in [5.74, 6) is 0.344. The Balaban J connectivity index is 2.32. The van der Waals surface area contributed by atoms with E-state index in [-0.39, 0.29) is 5.56 Å². The SMILES string of the molecule is CC[NH+](CC)CCSc1nc([O-])cc(=O)n1-c1ccccc1C. The molecule has 0 atom stereocenters. The van der Waals surface area contributed by atoms with Crippen molar-refractivity contribution in [2.45, 2.75) is 25.9 Å². The molecule has 2 aromatic rings. The average molecular weight is 333 g/mol. The molecule has 1 aromatic heterocycles. The molecule has 0 amide bonds. The molecule has 0 aliphatic heterocycles. The van der Waals surface area contributed by atoms with Gasteiger partial charge in [-0.15, -0.1) is 0 Å². The fraction of sp³-hybridized carbons (Fsp3) is 0.412. The van der Waals surface area contributed by atoms with Crippen LogP contribution in [0.5, 0.6) is 5.88 Å². The van der Waals surface area contributed by atoms with E-state index in [1.807, 2.05) is 31.2 Å². The van der Waals surface area contributed by atoms with Crippen LogP contribution in [0.4, 0.5) is 0 Å². The van der Waals surface area contributed by atoms with Crippen molar-refractivity contribution in [2.24, 2.45) is 0 Å². The normalized spacial score (nSPS) is 11.1. The van der Waals surface area contributed by atoms with E-state index in [1.54, 1.807) is 4.57 Å². The summed E-state index contributed by atoms with van der Waals surface area (Å²) in [7, 11) is 0. The standard InChI is InChI=1S/C17H23N3O2S/c1-4-19(5-2)10-11-23-17-18-15(21)12-16(22)20(17)14-9-7-6-8-13(14)3/h6-9,12,21H,4-5,10-11H2,1-3H3. The average Bonchev–Trinajstić information content (AvgIpc) is 2.52. The monoisotopic (exact) mass is 333 g/mol. The van der Waals surface area contributed by atoms with Crippen LogP contribution < -0.4 is 15.6 Å². The summed E-state index contributed by atoms with van der Waals surface area (Å²) in [6, 6.07) is 8.68. The summed E-state index contributed by atoms with van der Waals surface area (Å²) in [4.78, 5) is 17.9. The highest BCUT2D eigenvalue weighted by molar-refractivity contribution is 7.99. The maximum Gasteiger partial charge on any atom is 0.258 e. The Labute approximate surface area is 141 Å². The largest absolute Gasteiger partial charge is 0.858 e. The van der Waals surface area contributed by atoms with Crippen LogP contribution in [0, 0.1) is 6.92 Å². The molecule has 1 aromatic carbocycles. The van der Waals surface area contributed by atoms with Crippen molar-refractivity contribution in [1.82, 2.24) is 9.55 Å². The smallest absolute Gasteiger partial charge is 0.258 e. The van der Waals surface area contributed by atoms with E-state index < -0.39 is 5.88 Å². The maximum absolute atomic E-state index is 12.3. The van der Waals surface area contributed by atoms with Crippen LogP contribution in [0.1, 0.15) is 19.4 Å². The Kier molecular flexibility index (Phi) is 6.24. The van der Waals surface area contributed by atoms with Crippen molar-refractivity contribution in [3.05, 3.63) is 46.2 Å². The maximum atomic E-state index is 12.3. The minimum atomic E-state index is -0.475. The topological polar surface area (TPSA) is 62.4 Å². The molecule has 0 saturated heterocycles. The van der Waals surface area contributed by atoms with Crippen molar-refractivity contribution in [2.75, 3.05) is 25.4 Å². The fourth-order valence-corrected chi connectivity index (χ4v) is 3.51. The third kappa shape index (κ3) is 4.36. The summed E-state index contributed by atoms with van der Waals surface area (Å²) < 4.78 is 1.54. The van der Waals surface area contributed by atoms with Gasteiger partial charge in [-0.05, 0) is 38.3 Å². The number of rotatable bonds is 7. The third-order valence-corrected chi connectivity index (χ3v) is 4.85. The molecule has 23 heavy (non-hydrogen) atoms. The molecule has 1 heterocycles.